The van der Waals surface area contributed by atoms with Crippen molar-refractivity contribution in [2.75, 3.05) is 16.8 Å². The molecule has 1 N–H and O–H groups in total. The summed E-state index contributed by atoms with van der Waals surface area (Å²) in [7, 11) is 0. The first-order valence-corrected chi connectivity index (χ1v) is 9.94. The predicted octanol–water partition coefficient (Wildman–Crippen LogP) is 3.40. The Morgan fingerprint density at radius 1 is 1.37 bits per heavy atom. The Morgan fingerprint density at radius 3 is 2.80 bits per heavy atom. The molecular weight excluding hydrogens is 423 g/mol. The molecule has 2 heterocycles. The zero-order valence-corrected chi connectivity index (χ0v) is 16.7. The molecule has 11 heteroatoms. The van der Waals surface area contributed by atoms with E-state index in [1.54, 1.807) is 10.3 Å². The van der Waals surface area contributed by atoms with Gasteiger partial charge in [0.15, 0.2) is 11.2 Å². The molecule has 3 rings (SSSR count). The van der Waals surface area contributed by atoms with Gasteiger partial charge in [-0.25, -0.2) is 4.98 Å². The molecule has 160 valence electrons. The summed E-state index contributed by atoms with van der Waals surface area (Å²) in [5, 5.41) is 4.44. The first-order chi connectivity index (χ1) is 14.1. The van der Waals surface area contributed by atoms with E-state index in [0.717, 1.165) is 18.6 Å². The third-order valence-corrected chi connectivity index (χ3v) is 5.22. The van der Waals surface area contributed by atoms with Gasteiger partial charge in [0.05, 0.1) is 17.7 Å². The number of benzene rings is 1. The second kappa shape index (κ2) is 8.82. The SMILES string of the molecule is CC(OC(=O)Cc1csc(N2CCCC2=O)n1)C(=O)Nc1cccc(C(F)(F)F)c1. The van der Waals surface area contributed by atoms with Crippen molar-refractivity contribution in [3.05, 3.63) is 40.9 Å². The van der Waals surface area contributed by atoms with Crippen LogP contribution >= 0.6 is 11.3 Å². The summed E-state index contributed by atoms with van der Waals surface area (Å²) in [6, 6.07) is 4.15. The molecule has 0 bridgehead atoms. The molecule has 0 spiro atoms. The number of halogens is 3. The van der Waals surface area contributed by atoms with Crippen LogP contribution in [0, 0.1) is 0 Å². The van der Waals surface area contributed by atoms with E-state index in [-0.39, 0.29) is 18.0 Å². The summed E-state index contributed by atoms with van der Waals surface area (Å²) >= 11 is 1.24. The van der Waals surface area contributed by atoms with Crippen molar-refractivity contribution in [2.45, 2.75) is 38.5 Å². The molecule has 2 amide bonds. The first-order valence-electron chi connectivity index (χ1n) is 9.06. The number of anilines is 2. The zero-order chi connectivity index (χ0) is 21.9. The number of carbonyl (C=O) groups excluding carboxylic acids is 3. The van der Waals surface area contributed by atoms with Crippen molar-refractivity contribution in [3.63, 3.8) is 0 Å². The van der Waals surface area contributed by atoms with E-state index in [2.05, 4.69) is 10.3 Å². The number of thiazole rings is 1. The molecule has 0 radical (unpaired) electrons. The number of esters is 1. The van der Waals surface area contributed by atoms with Crippen molar-refractivity contribution in [1.82, 2.24) is 4.98 Å². The third kappa shape index (κ3) is 5.35. The molecule has 1 aromatic heterocycles. The van der Waals surface area contributed by atoms with Gasteiger partial charge < -0.3 is 10.1 Å². The maximum absolute atomic E-state index is 12.8. The van der Waals surface area contributed by atoms with E-state index in [4.69, 9.17) is 4.74 Å². The van der Waals surface area contributed by atoms with E-state index in [1.165, 1.54) is 30.4 Å². The van der Waals surface area contributed by atoms with E-state index in [9.17, 15) is 27.6 Å². The highest BCUT2D eigenvalue weighted by atomic mass is 32.1. The fraction of sp³-hybridized carbons (Fsp3) is 0.368. The van der Waals surface area contributed by atoms with Crippen LogP contribution in [-0.4, -0.2) is 35.4 Å². The van der Waals surface area contributed by atoms with E-state index in [1.807, 2.05) is 0 Å². The Bertz CT molecular complexity index is 960. The highest BCUT2D eigenvalue weighted by Gasteiger charge is 2.31. The summed E-state index contributed by atoms with van der Waals surface area (Å²) in [5.74, 6) is -1.49. The Kier molecular flexibility index (Phi) is 6.40. The van der Waals surface area contributed by atoms with Crippen LogP contribution in [0.15, 0.2) is 29.6 Å². The molecular formula is C19H18F3N3O4S. The monoisotopic (exact) mass is 441 g/mol. The average molecular weight is 441 g/mol. The molecule has 1 saturated heterocycles. The van der Waals surface area contributed by atoms with Gasteiger partial charge >= 0.3 is 12.1 Å². The van der Waals surface area contributed by atoms with Crippen LogP contribution in [-0.2, 0) is 31.7 Å². The second-order valence-corrected chi connectivity index (χ2v) is 7.48. The van der Waals surface area contributed by atoms with Crippen LogP contribution in [0.2, 0.25) is 0 Å². The van der Waals surface area contributed by atoms with E-state index < -0.39 is 29.7 Å². The zero-order valence-electron chi connectivity index (χ0n) is 15.9. The summed E-state index contributed by atoms with van der Waals surface area (Å²) in [4.78, 5) is 41.8. The standard InChI is InChI=1S/C19H18F3N3O4S/c1-11(17(28)23-13-5-2-4-12(8-13)19(20,21)22)29-16(27)9-14-10-30-18(24-14)25-7-3-6-15(25)26/h2,4-5,8,10-11H,3,6-7,9H2,1H3,(H,23,28). The van der Waals surface area contributed by atoms with Gasteiger partial charge in [-0.1, -0.05) is 6.07 Å². The van der Waals surface area contributed by atoms with Crippen LogP contribution in [0.4, 0.5) is 24.0 Å². The number of hydrogen-bond acceptors (Lipinski definition) is 6. The lowest BCUT2D eigenvalue weighted by Gasteiger charge is -2.14. The smallest absolute Gasteiger partial charge is 0.416 e. The molecule has 1 fully saturated rings. The fourth-order valence-corrected chi connectivity index (χ4v) is 3.68. The maximum atomic E-state index is 12.8. The molecule has 1 aliphatic rings. The Morgan fingerprint density at radius 2 is 2.13 bits per heavy atom. The normalized spacial score (nSPS) is 15.2. The number of aromatic nitrogens is 1. The molecule has 1 aliphatic heterocycles. The number of rotatable bonds is 6. The molecule has 0 saturated carbocycles. The number of nitrogens with one attached hydrogen (secondary N) is 1. The van der Waals surface area contributed by atoms with Crippen molar-refractivity contribution in [1.29, 1.82) is 0 Å². The predicted molar refractivity (Wildman–Crippen MR) is 103 cm³/mol. The minimum absolute atomic E-state index is 0.0154. The summed E-state index contributed by atoms with van der Waals surface area (Å²) < 4.78 is 43.3. The van der Waals surface area contributed by atoms with Gasteiger partial charge in [-0.3, -0.25) is 19.3 Å². The van der Waals surface area contributed by atoms with Crippen molar-refractivity contribution in [2.24, 2.45) is 0 Å². The molecule has 2 aromatic rings. The van der Waals surface area contributed by atoms with Crippen LogP contribution in [0.3, 0.4) is 0 Å². The summed E-state index contributed by atoms with van der Waals surface area (Å²) in [5.41, 5.74) is -0.553. The van der Waals surface area contributed by atoms with Crippen molar-refractivity contribution in [3.8, 4) is 0 Å². The molecule has 1 atom stereocenters. The van der Waals surface area contributed by atoms with Crippen LogP contribution < -0.4 is 10.2 Å². The quantitative estimate of drug-likeness (QED) is 0.695. The Balaban J connectivity index is 1.53. The van der Waals surface area contributed by atoms with Gasteiger partial charge in [0.25, 0.3) is 5.91 Å². The highest BCUT2D eigenvalue weighted by molar-refractivity contribution is 7.14. The lowest BCUT2D eigenvalue weighted by Crippen LogP contribution is -2.30. The molecule has 1 aromatic carbocycles. The molecule has 30 heavy (non-hydrogen) atoms. The van der Waals surface area contributed by atoms with Crippen molar-refractivity contribution >= 4 is 39.9 Å². The third-order valence-electron chi connectivity index (χ3n) is 4.30. The van der Waals surface area contributed by atoms with Crippen LogP contribution in [0.25, 0.3) is 0 Å². The maximum Gasteiger partial charge on any atom is 0.416 e. The number of carbonyl (C=O) groups is 3. The molecule has 0 aliphatic carbocycles. The lowest BCUT2D eigenvalue weighted by atomic mass is 10.2. The van der Waals surface area contributed by atoms with Gasteiger partial charge in [-0.15, -0.1) is 11.3 Å². The highest BCUT2D eigenvalue weighted by Crippen LogP contribution is 2.30. The summed E-state index contributed by atoms with van der Waals surface area (Å²) in [6.45, 7) is 1.90. The summed E-state index contributed by atoms with van der Waals surface area (Å²) in [6.07, 6.45) is -4.72. The Labute approximate surface area is 173 Å². The number of ether oxygens (including phenoxy) is 1. The Hall–Kier alpha value is -2.95. The van der Waals surface area contributed by atoms with Crippen LogP contribution in [0.1, 0.15) is 31.0 Å². The van der Waals surface area contributed by atoms with Gasteiger partial charge in [-0.2, -0.15) is 13.2 Å². The lowest BCUT2D eigenvalue weighted by molar-refractivity contribution is -0.152. The largest absolute Gasteiger partial charge is 0.452 e. The second-order valence-electron chi connectivity index (χ2n) is 6.65. The molecule has 1 unspecified atom stereocenters. The van der Waals surface area contributed by atoms with Gasteiger partial charge in [0.2, 0.25) is 5.91 Å². The average Bonchev–Trinajstić information content (AvgIpc) is 3.29. The topological polar surface area (TPSA) is 88.6 Å². The fourth-order valence-electron chi connectivity index (χ4n) is 2.81. The van der Waals surface area contributed by atoms with Crippen molar-refractivity contribution < 1.29 is 32.3 Å². The number of alkyl halides is 3. The van der Waals surface area contributed by atoms with Gasteiger partial charge in [0, 0.05) is 24.0 Å². The van der Waals surface area contributed by atoms with Gasteiger partial charge in [0.1, 0.15) is 0 Å². The minimum atomic E-state index is -4.54. The minimum Gasteiger partial charge on any atom is -0.452 e. The van der Waals surface area contributed by atoms with E-state index in [0.29, 0.717) is 23.8 Å². The number of amides is 2. The van der Waals surface area contributed by atoms with E-state index >= 15 is 0 Å². The van der Waals surface area contributed by atoms with Crippen LogP contribution in [0.5, 0.6) is 0 Å². The first kappa shape index (κ1) is 21.8. The van der Waals surface area contributed by atoms with Gasteiger partial charge in [-0.05, 0) is 31.5 Å². The molecule has 7 nitrogen and oxygen atoms in total. The number of hydrogen-bond donors (Lipinski definition) is 1. The number of nitrogens with zero attached hydrogens (tertiary/aromatic N) is 2.